The number of rotatable bonds is 5. The SMILES string of the molecule is CCOc1ccc2nc(N3C(=O)C(=O)/C(=C(/O)c4ccc(C)cc4)[C@@H]3c3ccc(Br)cc3)sc2c1. The van der Waals surface area contributed by atoms with Crippen molar-refractivity contribution in [3.8, 4) is 5.75 Å². The quantitative estimate of drug-likeness (QED) is 0.177. The lowest BCUT2D eigenvalue weighted by molar-refractivity contribution is -0.132. The summed E-state index contributed by atoms with van der Waals surface area (Å²) in [7, 11) is 0. The monoisotopic (exact) mass is 548 g/mol. The predicted octanol–water partition coefficient (Wildman–Crippen LogP) is 6.39. The first-order chi connectivity index (χ1) is 16.9. The molecule has 35 heavy (non-hydrogen) atoms. The molecule has 3 aromatic carbocycles. The summed E-state index contributed by atoms with van der Waals surface area (Å²) in [4.78, 5) is 32.7. The Morgan fingerprint density at radius 3 is 2.49 bits per heavy atom. The van der Waals surface area contributed by atoms with E-state index in [2.05, 4.69) is 20.9 Å². The number of hydrogen-bond acceptors (Lipinski definition) is 6. The molecule has 0 spiro atoms. The zero-order valence-corrected chi connectivity index (χ0v) is 21.4. The number of aliphatic hydroxyl groups excluding tert-OH is 1. The molecule has 5 rings (SSSR count). The number of aryl methyl sites for hydroxylation is 1. The number of Topliss-reactive ketones (excluding diaryl/α,β-unsaturated/α-hetero) is 1. The minimum Gasteiger partial charge on any atom is -0.507 e. The largest absolute Gasteiger partial charge is 0.507 e. The molecule has 1 atom stereocenters. The summed E-state index contributed by atoms with van der Waals surface area (Å²) in [6.45, 7) is 4.39. The number of ketones is 1. The van der Waals surface area contributed by atoms with Crippen LogP contribution in [0.2, 0.25) is 0 Å². The van der Waals surface area contributed by atoms with Crippen LogP contribution in [-0.2, 0) is 9.59 Å². The molecule has 2 heterocycles. The van der Waals surface area contributed by atoms with E-state index in [4.69, 9.17) is 4.74 Å². The molecule has 0 saturated carbocycles. The fourth-order valence-corrected chi connectivity index (χ4v) is 5.39. The highest BCUT2D eigenvalue weighted by Gasteiger charge is 2.48. The molecule has 6 nitrogen and oxygen atoms in total. The second-order valence-electron chi connectivity index (χ2n) is 8.15. The summed E-state index contributed by atoms with van der Waals surface area (Å²) in [5, 5.41) is 11.6. The normalized spacial score (nSPS) is 17.3. The first-order valence-corrected chi connectivity index (χ1v) is 12.6. The van der Waals surface area contributed by atoms with Gasteiger partial charge >= 0.3 is 5.91 Å². The molecule has 4 aromatic rings. The first-order valence-electron chi connectivity index (χ1n) is 11.0. The van der Waals surface area contributed by atoms with E-state index in [0.717, 1.165) is 14.7 Å². The number of hydrogen-bond donors (Lipinski definition) is 1. The number of carbonyl (C=O) groups is 2. The van der Waals surface area contributed by atoms with Crippen molar-refractivity contribution in [2.75, 3.05) is 11.5 Å². The number of halogens is 1. The van der Waals surface area contributed by atoms with Crippen molar-refractivity contribution in [3.05, 3.63) is 93.5 Å². The van der Waals surface area contributed by atoms with Crippen molar-refractivity contribution < 1.29 is 19.4 Å². The second-order valence-corrected chi connectivity index (χ2v) is 10.1. The number of amides is 1. The number of anilines is 1. The average Bonchev–Trinajstić information content (AvgIpc) is 3.38. The molecule has 1 amide bonds. The van der Waals surface area contributed by atoms with Crippen molar-refractivity contribution in [2.45, 2.75) is 19.9 Å². The van der Waals surface area contributed by atoms with Gasteiger partial charge in [0.1, 0.15) is 11.5 Å². The Hall–Kier alpha value is -3.49. The maximum Gasteiger partial charge on any atom is 0.301 e. The molecule has 0 aliphatic carbocycles. The number of nitrogens with zero attached hydrogens (tertiary/aromatic N) is 2. The zero-order chi connectivity index (χ0) is 24.7. The molecule has 176 valence electrons. The number of fused-ring (bicyclic) bond motifs is 1. The van der Waals surface area contributed by atoms with Crippen molar-refractivity contribution in [1.82, 2.24) is 4.98 Å². The van der Waals surface area contributed by atoms with E-state index < -0.39 is 17.7 Å². The Kier molecular flexibility index (Phi) is 6.17. The van der Waals surface area contributed by atoms with Crippen molar-refractivity contribution in [3.63, 3.8) is 0 Å². The molecule has 1 aromatic heterocycles. The molecular formula is C27H21BrN2O4S. The van der Waals surface area contributed by atoms with Crippen LogP contribution in [0.25, 0.3) is 16.0 Å². The Balaban J connectivity index is 1.69. The van der Waals surface area contributed by atoms with Crippen LogP contribution in [0.3, 0.4) is 0 Å². The molecule has 8 heteroatoms. The van der Waals surface area contributed by atoms with Gasteiger partial charge in [0.05, 0.1) is 28.4 Å². The van der Waals surface area contributed by atoms with E-state index in [0.29, 0.717) is 34.1 Å². The lowest BCUT2D eigenvalue weighted by Gasteiger charge is -2.23. The van der Waals surface area contributed by atoms with Crippen molar-refractivity contribution in [1.29, 1.82) is 0 Å². The minimum absolute atomic E-state index is 0.0374. The van der Waals surface area contributed by atoms with Crippen LogP contribution in [0.15, 0.2) is 76.8 Å². The van der Waals surface area contributed by atoms with E-state index in [-0.39, 0.29) is 11.3 Å². The van der Waals surface area contributed by atoms with Crippen LogP contribution in [0.1, 0.15) is 29.7 Å². The van der Waals surface area contributed by atoms with Crippen molar-refractivity contribution in [2.24, 2.45) is 0 Å². The maximum absolute atomic E-state index is 13.4. The third kappa shape index (κ3) is 4.24. The molecule has 0 radical (unpaired) electrons. The molecule has 1 saturated heterocycles. The van der Waals surface area contributed by atoms with Crippen molar-refractivity contribution >= 4 is 60.1 Å². The number of benzene rings is 3. The minimum atomic E-state index is -0.823. The number of thiazole rings is 1. The van der Waals surface area contributed by atoms with Gasteiger partial charge in [-0.3, -0.25) is 14.5 Å². The molecule has 1 aliphatic heterocycles. The Labute approximate surface area is 214 Å². The predicted molar refractivity (Wildman–Crippen MR) is 141 cm³/mol. The number of aromatic nitrogens is 1. The number of carbonyl (C=O) groups excluding carboxylic acids is 2. The number of ether oxygens (including phenoxy) is 1. The van der Waals surface area contributed by atoms with Gasteiger partial charge in [-0.25, -0.2) is 4.98 Å². The van der Waals surface area contributed by atoms with E-state index in [1.807, 2.05) is 68.4 Å². The third-order valence-corrected chi connectivity index (χ3v) is 7.37. The summed E-state index contributed by atoms with van der Waals surface area (Å²) in [5.41, 5.74) is 2.92. The summed E-state index contributed by atoms with van der Waals surface area (Å²) >= 11 is 4.74. The van der Waals surface area contributed by atoms with Crippen LogP contribution in [0.4, 0.5) is 5.13 Å². The van der Waals surface area contributed by atoms with E-state index >= 15 is 0 Å². The smallest absolute Gasteiger partial charge is 0.301 e. The van der Waals surface area contributed by atoms with Crippen LogP contribution < -0.4 is 9.64 Å². The molecule has 0 unspecified atom stereocenters. The summed E-state index contributed by atoms with van der Waals surface area (Å²) in [5.74, 6) is -0.972. The average molecular weight is 549 g/mol. The second kappa shape index (κ2) is 9.28. The fraction of sp³-hybridized carbons (Fsp3) is 0.148. The van der Waals surface area contributed by atoms with Gasteiger partial charge in [0, 0.05) is 10.0 Å². The van der Waals surface area contributed by atoms with Gasteiger partial charge in [-0.05, 0) is 49.7 Å². The zero-order valence-electron chi connectivity index (χ0n) is 19.0. The van der Waals surface area contributed by atoms with E-state index in [9.17, 15) is 14.7 Å². The fourth-order valence-electron chi connectivity index (χ4n) is 4.11. The highest BCUT2D eigenvalue weighted by Crippen LogP contribution is 2.44. The molecular weight excluding hydrogens is 528 g/mol. The van der Waals surface area contributed by atoms with E-state index in [1.54, 1.807) is 12.1 Å². The Morgan fingerprint density at radius 2 is 1.80 bits per heavy atom. The van der Waals surface area contributed by atoms with Gasteiger partial charge in [-0.2, -0.15) is 0 Å². The lowest BCUT2D eigenvalue weighted by Crippen LogP contribution is -2.29. The highest BCUT2D eigenvalue weighted by molar-refractivity contribution is 9.10. The van der Waals surface area contributed by atoms with Gasteiger partial charge in [-0.15, -0.1) is 0 Å². The summed E-state index contributed by atoms with van der Waals surface area (Å²) in [6, 6.07) is 19.2. The van der Waals surface area contributed by atoms with Gasteiger partial charge in [-0.1, -0.05) is 69.2 Å². The Bertz CT molecular complexity index is 1480. The molecule has 0 bridgehead atoms. The summed E-state index contributed by atoms with van der Waals surface area (Å²) < 4.78 is 7.29. The maximum atomic E-state index is 13.4. The van der Waals surface area contributed by atoms with Crippen LogP contribution in [0.5, 0.6) is 5.75 Å². The molecule has 1 fully saturated rings. The third-order valence-electron chi connectivity index (χ3n) is 5.82. The lowest BCUT2D eigenvalue weighted by atomic mass is 9.95. The highest BCUT2D eigenvalue weighted by atomic mass is 79.9. The van der Waals surface area contributed by atoms with Crippen LogP contribution in [0, 0.1) is 6.92 Å². The van der Waals surface area contributed by atoms with Gasteiger partial charge in [0.15, 0.2) is 5.13 Å². The standard InChI is InChI=1S/C27H21BrN2O4S/c1-3-34-19-12-13-20-21(14-19)35-27(29-20)30-23(16-8-10-18(28)11-9-16)22(25(32)26(30)33)24(31)17-6-4-15(2)5-7-17/h4-14,23,31H,3H2,1-2H3/b24-22+/t23-/m0/s1. The van der Waals surface area contributed by atoms with Gasteiger partial charge in [0.25, 0.3) is 5.78 Å². The first kappa shape index (κ1) is 23.3. The number of aliphatic hydroxyl groups is 1. The van der Waals surface area contributed by atoms with Crippen LogP contribution >= 0.6 is 27.3 Å². The summed E-state index contributed by atoms with van der Waals surface area (Å²) in [6.07, 6.45) is 0. The van der Waals surface area contributed by atoms with E-state index in [1.165, 1.54) is 16.2 Å². The Morgan fingerprint density at radius 1 is 1.09 bits per heavy atom. The molecule has 1 aliphatic rings. The topological polar surface area (TPSA) is 79.7 Å². The van der Waals surface area contributed by atoms with Gasteiger partial charge < -0.3 is 9.84 Å². The van der Waals surface area contributed by atoms with Crippen LogP contribution in [-0.4, -0.2) is 28.4 Å². The van der Waals surface area contributed by atoms with Gasteiger partial charge in [0.2, 0.25) is 0 Å². The molecule has 1 N–H and O–H groups in total.